The monoisotopic (exact) mass is 446 g/mol. The first-order valence-electron chi connectivity index (χ1n) is 11.1. The van der Waals surface area contributed by atoms with Crippen LogP contribution in [-0.4, -0.2) is 20.3 Å². The van der Waals surface area contributed by atoms with Gasteiger partial charge in [-0.2, -0.15) is 5.10 Å². The number of halogens is 1. The van der Waals surface area contributed by atoms with Gasteiger partial charge in [-0.3, -0.25) is 14.2 Å². The number of aromatic nitrogens is 3. The van der Waals surface area contributed by atoms with E-state index in [2.05, 4.69) is 5.32 Å². The standard InChI is InChI=1S/C26H27FN4O2/c1-4-30-25-24(18(3)29-31(25)21-8-6-5-7-9-21)17(2)22(26(30)33)14-15-23(32)28-16-19-10-12-20(27)13-11-19/h5-13H,4,14-16H2,1-3H3,(H,28,32). The number of para-hydroxylation sites is 1. The molecule has 33 heavy (non-hydrogen) atoms. The molecule has 6 nitrogen and oxygen atoms in total. The Kier molecular flexibility index (Phi) is 6.40. The number of fused-ring (bicyclic) bond motifs is 1. The summed E-state index contributed by atoms with van der Waals surface area (Å²) >= 11 is 0. The van der Waals surface area contributed by atoms with Gasteiger partial charge in [0.15, 0.2) is 0 Å². The fraction of sp³-hybridized carbons (Fsp3) is 0.269. The maximum atomic E-state index is 13.4. The van der Waals surface area contributed by atoms with Crippen LogP contribution >= 0.6 is 0 Å². The zero-order valence-electron chi connectivity index (χ0n) is 19.1. The first kappa shape index (κ1) is 22.5. The van der Waals surface area contributed by atoms with Crippen molar-refractivity contribution in [1.82, 2.24) is 19.7 Å². The molecular formula is C26H27FN4O2. The summed E-state index contributed by atoms with van der Waals surface area (Å²) in [4.78, 5) is 25.8. The van der Waals surface area contributed by atoms with Gasteiger partial charge < -0.3 is 5.32 Å². The minimum absolute atomic E-state index is 0.0917. The number of pyridine rings is 1. The molecule has 0 radical (unpaired) electrons. The Morgan fingerprint density at radius 2 is 1.76 bits per heavy atom. The summed E-state index contributed by atoms with van der Waals surface area (Å²) in [5.74, 6) is -0.466. The SMILES string of the molecule is CCn1c(=O)c(CCC(=O)NCc2ccc(F)cc2)c(C)c2c(C)nn(-c3ccccc3)c21. The highest BCUT2D eigenvalue weighted by Crippen LogP contribution is 2.26. The molecule has 2 aromatic carbocycles. The Bertz CT molecular complexity index is 1360. The van der Waals surface area contributed by atoms with Crippen molar-refractivity contribution >= 4 is 16.9 Å². The van der Waals surface area contributed by atoms with Crippen molar-refractivity contribution < 1.29 is 9.18 Å². The lowest BCUT2D eigenvalue weighted by atomic mass is 10.0. The fourth-order valence-electron chi connectivity index (χ4n) is 4.24. The summed E-state index contributed by atoms with van der Waals surface area (Å²) in [7, 11) is 0. The lowest BCUT2D eigenvalue weighted by molar-refractivity contribution is -0.121. The molecule has 2 aromatic heterocycles. The van der Waals surface area contributed by atoms with Gasteiger partial charge in [-0.1, -0.05) is 30.3 Å². The molecular weight excluding hydrogens is 419 g/mol. The normalized spacial score (nSPS) is 11.2. The van der Waals surface area contributed by atoms with E-state index in [1.54, 1.807) is 16.7 Å². The van der Waals surface area contributed by atoms with E-state index in [4.69, 9.17) is 5.10 Å². The molecule has 7 heteroatoms. The van der Waals surface area contributed by atoms with Crippen molar-refractivity contribution in [2.24, 2.45) is 0 Å². The molecule has 4 aromatic rings. The summed E-state index contributed by atoms with van der Waals surface area (Å²) in [5, 5.41) is 8.52. The van der Waals surface area contributed by atoms with Gasteiger partial charge in [0.1, 0.15) is 11.5 Å². The van der Waals surface area contributed by atoms with Crippen LogP contribution in [0, 0.1) is 19.7 Å². The molecule has 0 aliphatic carbocycles. The number of nitrogens with one attached hydrogen (secondary N) is 1. The third-order valence-electron chi connectivity index (χ3n) is 5.94. The second-order valence-electron chi connectivity index (χ2n) is 8.09. The number of carbonyl (C=O) groups is 1. The zero-order chi connectivity index (χ0) is 23.5. The predicted molar refractivity (Wildman–Crippen MR) is 127 cm³/mol. The van der Waals surface area contributed by atoms with E-state index in [0.717, 1.165) is 33.5 Å². The van der Waals surface area contributed by atoms with Crippen LogP contribution in [-0.2, 0) is 24.3 Å². The van der Waals surface area contributed by atoms with Gasteiger partial charge in [0.2, 0.25) is 5.91 Å². The summed E-state index contributed by atoms with van der Waals surface area (Å²) < 4.78 is 16.6. The molecule has 0 unspecified atom stereocenters. The Morgan fingerprint density at radius 1 is 1.06 bits per heavy atom. The number of amides is 1. The molecule has 2 heterocycles. The predicted octanol–water partition coefficient (Wildman–Crippen LogP) is 4.21. The number of hydrogen-bond acceptors (Lipinski definition) is 3. The Hall–Kier alpha value is -3.74. The Balaban J connectivity index is 1.62. The zero-order valence-corrected chi connectivity index (χ0v) is 19.1. The summed E-state index contributed by atoms with van der Waals surface area (Å²) in [6.45, 7) is 6.63. The highest BCUT2D eigenvalue weighted by atomic mass is 19.1. The second-order valence-corrected chi connectivity index (χ2v) is 8.09. The first-order valence-corrected chi connectivity index (χ1v) is 11.1. The molecule has 4 rings (SSSR count). The summed E-state index contributed by atoms with van der Waals surface area (Å²) in [5.41, 5.74) is 4.74. The summed E-state index contributed by atoms with van der Waals surface area (Å²) in [6, 6.07) is 15.8. The van der Waals surface area contributed by atoms with Crippen LogP contribution in [0.4, 0.5) is 4.39 Å². The van der Waals surface area contributed by atoms with Crippen molar-refractivity contribution in [3.05, 3.63) is 93.2 Å². The number of hydrogen-bond donors (Lipinski definition) is 1. The smallest absolute Gasteiger partial charge is 0.255 e. The molecule has 0 aliphatic rings. The van der Waals surface area contributed by atoms with Crippen molar-refractivity contribution in [1.29, 1.82) is 0 Å². The van der Waals surface area contributed by atoms with Gasteiger partial charge >= 0.3 is 0 Å². The molecule has 170 valence electrons. The van der Waals surface area contributed by atoms with Crippen LogP contribution in [0.2, 0.25) is 0 Å². The van der Waals surface area contributed by atoms with Crippen LogP contribution in [0.3, 0.4) is 0 Å². The van der Waals surface area contributed by atoms with Crippen LogP contribution < -0.4 is 10.9 Å². The van der Waals surface area contributed by atoms with Crippen molar-refractivity contribution in [3.63, 3.8) is 0 Å². The number of carbonyl (C=O) groups excluding carboxylic acids is 1. The maximum absolute atomic E-state index is 13.4. The average Bonchev–Trinajstić information content (AvgIpc) is 3.16. The van der Waals surface area contributed by atoms with E-state index >= 15 is 0 Å². The highest BCUT2D eigenvalue weighted by Gasteiger charge is 2.21. The largest absolute Gasteiger partial charge is 0.352 e. The molecule has 0 aliphatic heterocycles. The third kappa shape index (κ3) is 4.44. The molecule has 0 spiro atoms. The lowest BCUT2D eigenvalue weighted by Crippen LogP contribution is -2.28. The van der Waals surface area contributed by atoms with Crippen molar-refractivity contribution in [2.75, 3.05) is 0 Å². The highest BCUT2D eigenvalue weighted by molar-refractivity contribution is 5.85. The van der Waals surface area contributed by atoms with Gasteiger partial charge in [0.25, 0.3) is 5.56 Å². The van der Waals surface area contributed by atoms with E-state index in [1.165, 1.54) is 12.1 Å². The van der Waals surface area contributed by atoms with Crippen LogP contribution in [0.5, 0.6) is 0 Å². The van der Waals surface area contributed by atoms with Gasteiger partial charge in [0, 0.05) is 30.5 Å². The number of nitrogens with zero attached hydrogens (tertiary/aromatic N) is 3. The fourth-order valence-corrected chi connectivity index (χ4v) is 4.24. The minimum atomic E-state index is -0.311. The van der Waals surface area contributed by atoms with Gasteiger partial charge in [-0.25, -0.2) is 9.07 Å². The summed E-state index contributed by atoms with van der Waals surface area (Å²) in [6.07, 6.45) is 0.532. The second kappa shape index (κ2) is 9.40. The maximum Gasteiger partial charge on any atom is 0.255 e. The molecule has 1 N–H and O–H groups in total. The Morgan fingerprint density at radius 3 is 2.42 bits per heavy atom. The number of aryl methyl sites for hydroxylation is 3. The van der Waals surface area contributed by atoms with Crippen LogP contribution in [0.1, 0.15) is 35.7 Å². The van der Waals surface area contributed by atoms with Crippen LogP contribution in [0.15, 0.2) is 59.4 Å². The quantitative estimate of drug-likeness (QED) is 0.462. The van der Waals surface area contributed by atoms with Gasteiger partial charge in [-0.15, -0.1) is 0 Å². The van der Waals surface area contributed by atoms with Crippen molar-refractivity contribution in [2.45, 2.75) is 46.7 Å². The van der Waals surface area contributed by atoms with E-state index in [0.29, 0.717) is 25.1 Å². The molecule has 0 saturated carbocycles. The average molecular weight is 447 g/mol. The molecule has 0 bridgehead atoms. The van der Waals surface area contributed by atoms with Crippen molar-refractivity contribution in [3.8, 4) is 5.69 Å². The van der Waals surface area contributed by atoms with Crippen LogP contribution in [0.25, 0.3) is 16.7 Å². The molecule has 0 atom stereocenters. The Labute approximate surface area is 191 Å². The molecule has 0 saturated heterocycles. The van der Waals surface area contributed by atoms with E-state index < -0.39 is 0 Å². The van der Waals surface area contributed by atoms with Gasteiger partial charge in [-0.05, 0) is 62.6 Å². The van der Waals surface area contributed by atoms with E-state index in [-0.39, 0.29) is 23.7 Å². The number of rotatable bonds is 7. The van der Waals surface area contributed by atoms with Gasteiger partial charge in [0.05, 0.1) is 11.4 Å². The third-order valence-corrected chi connectivity index (χ3v) is 5.94. The van der Waals surface area contributed by atoms with E-state index in [1.807, 2.05) is 55.8 Å². The molecule has 0 fully saturated rings. The molecule has 1 amide bonds. The first-order chi connectivity index (χ1) is 15.9. The minimum Gasteiger partial charge on any atom is -0.352 e. The van der Waals surface area contributed by atoms with E-state index in [9.17, 15) is 14.0 Å². The topological polar surface area (TPSA) is 68.9 Å². The number of benzene rings is 2. The lowest BCUT2D eigenvalue weighted by Gasteiger charge is -2.14.